The highest BCUT2D eigenvalue weighted by molar-refractivity contribution is 14.1. The Balaban J connectivity index is 3.41. The number of halogens is 1. The predicted molar refractivity (Wildman–Crippen MR) is 59.4 cm³/mol. The summed E-state index contributed by atoms with van der Waals surface area (Å²) in [6, 6.07) is 0. The van der Waals surface area contributed by atoms with Gasteiger partial charge in [-0.15, -0.1) is 0 Å². The lowest BCUT2D eigenvalue weighted by Gasteiger charge is -2.05. The maximum atomic E-state index is 11.3. The Morgan fingerprint density at radius 3 is 2.54 bits per heavy atom. The summed E-state index contributed by atoms with van der Waals surface area (Å²) in [5, 5.41) is 0. The van der Waals surface area contributed by atoms with Gasteiger partial charge in [-0.2, -0.15) is 0 Å². The van der Waals surface area contributed by atoms with Crippen LogP contribution in [0.25, 0.3) is 0 Å². The molecule has 0 spiro atoms. The van der Waals surface area contributed by atoms with Crippen molar-refractivity contribution in [3.63, 3.8) is 0 Å². The first-order valence-corrected chi connectivity index (χ1v) is 6.76. The van der Waals surface area contributed by atoms with Gasteiger partial charge in [-0.3, -0.25) is 4.98 Å². The van der Waals surface area contributed by atoms with Crippen molar-refractivity contribution in [2.45, 2.75) is 18.2 Å². The van der Waals surface area contributed by atoms with E-state index in [1.165, 1.54) is 12.5 Å². The second-order valence-electron chi connectivity index (χ2n) is 2.74. The zero-order valence-electron chi connectivity index (χ0n) is 7.41. The molecule has 0 unspecified atom stereocenters. The van der Waals surface area contributed by atoms with Crippen molar-refractivity contribution < 1.29 is 8.42 Å². The second kappa shape index (κ2) is 3.91. The molecule has 1 heterocycles. The summed E-state index contributed by atoms with van der Waals surface area (Å²) >= 11 is 2.05. The molecule has 0 amide bonds. The molecule has 0 aliphatic rings. The fourth-order valence-electron chi connectivity index (χ4n) is 0.972. The van der Waals surface area contributed by atoms with Crippen LogP contribution in [0.4, 0.5) is 0 Å². The van der Waals surface area contributed by atoms with Crippen LogP contribution in [0.2, 0.25) is 0 Å². The highest BCUT2D eigenvalue weighted by atomic mass is 127. The molecule has 1 rings (SSSR count). The lowest BCUT2D eigenvalue weighted by Crippen LogP contribution is -2.03. The number of hydrogen-bond acceptors (Lipinski definition) is 3. The van der Waals surface area contributed by atoms with E-state index in [9.17, 15) is 8.42 Å². The Morgan fingerprint density at radius 2 is 2.08 bits per heavy atom. The van der Waals surface area contributed by atoms with E-state index >= 15 is 0 Å². The molecule has 0 radical (unpaired) electrons. The van der Waals surface area contributed by atoms with Gasteiger partial charge in [0.25, 0.3) is 0 Å². The van der Waals surface area contributed by atoms with E-state index < -0.39 is 9.84 Å². The van der Waals surface area contributed by atoms with Crippen LogP contribution in [0.3, 0.4) is 0 Å². The van der Waals surface area contributed by atoms with Crippen molar-refractivity contribution in [2.24, 2.45) is 0 Å². The zero-order valence-corrected chi connectivity index (χ0v) is 10.4. The summed E-state index contributed by atoms with van der Waals surface area (Å²) < 4.78 is 23.3. The highest BCUT2D eigenvalue weighted by Gasteiger charge is 2.13. The van der Waals surface area contributed by atoms with Crippen LogP contribution in [-0.4, -0.2) is 19.7 Å². The van der Waals surface area contributed by atoms with Gasteiger partial charge < -0.3 is 0 Å². The fourth-order valence-corrected chi connectivity index (χ4v) is 3.54. The van der Waals surface area contributed by atoms with Crippen LogP contribution in [-0.2, 0) is 16.3 Å². The molecule has 0 aromatic carbocycles. The quantitative estimate of drug-likeness (QED) is 0.780. The number of hydrogen-bond donors (Lipinski definition) is 0. The first kappa shape index (κ1) is 10.9. The summed E-state index contributed by atoms with van der Waals surface area (Å²) in [4.78, 5) is 4.23. The molecule has 0 aliphatic heterocycles. The van der Waals surface area contributed by atoms with Crippen LogP contribution >= 0.6 is 22.6 Å². The first-order chi connectivity index (χ1) is 5.96. The average molecular weight is 311 g/mol. The molecule has 0 fully saturated rings. The van der Waals surface area contributed by atoms with Gasteiger partial charge in [-0.25, -0.2) is 8.42 Å². The minimum atomic E-state index is -3.14. The molecule has 0 N–H and O–H groups in total. The molecule has 0 atom stereocenters. The Bertz CT molecular complexity index is 414. The van der Waals surface area contributed by atoms with Crippen molar-refractivity contribution in [1.29, 1.82) is 0 Å². The van der Waals surface area contributed by atoms with Gasteiger partial charge in [0.15, 0.2) is 9.84 Å². The van der Waals surface area contributed by atoms with Crippen molar-refractivity contribution in [3.8, 4) is 0 Å². The summed E-state index contributed by atoms with van der Waals surface area (Å²) in [6.07, 6.45) is 5.10. The van der Waals surface area contributed by atoms with Crippen LogP contribution in [0.5, 0.6) is 0 Å². The van der Waals surface area contributed by atoms with Crippen molar-refractivity contribution in [2.75, 3.05) is 6.26 Å². The molecule has 0 bridgehead atoms. The van der Waals surface area contributed by atoms with E-state index in [-0.39, 0.29) is 0 Å². The minimum absolute atomic E-state index is 0.326. The van der Waals surface area contributed by atoms with Crippen molar-refractivity contribution >= 4 is 32.4 Å². The summed E-state index contributed by atoms with van der Waals surface area (Å²) in [5.41, 5.74) is 0.975. The largest absolute Gasteiger partial charge is 0.263 e. The smallest absolute Gasteiger partial charge is 0.178 e. The number of pyridine rings is 1. The summed E-state index contributed by atoms with van der Waals surface area (Å²) in [5.74, 6) is 0. The molecule has 1 aromatic heterocycles. The van der Waals surface area contributed by atoms with Crippen LogP contribution < -0.4 is 0 Å². The van der Waals surface area contributed by atoms with Crippen LogP contribution in [0.1, 0.15) is 12.5 Å². The molecular weight excluding hydrogens is 301 g/mol. The lowest BCUT2D eigenvalue weighted by molar-refractivity contribution is 0.600. The molecule has 13 heavy (non-hydrogen) atoms. The average Bonchev–Trinajstić information content (AvgIpc) is 2.02. The topological polar surface area (TPSA) is 47.0 Å². The maximum absolute atomic E-state index is 11.3. The van der Waals surface area contributed by atoms with E-state index in [4.69, 9.17) is 0 Å². The third-order valence-electron chi connectivity index (χ3n) is 1.70. The molecule has 0 saturated heterocycles. The lowest BCUT2D eigenvalue weighted by atomic mass is 10.2. The number of nitrogens with zero attached hydrogens (tertiary/aromatic N) is 1. The number of aromatic nitrogens is 1. The maximum Gasteiger partial charge on any atom is 0.178 e. The van der Waals surface area contributed by atoms with Crippen LogP contribution in [0.15, 0.2) is 17.3 Å². The van der Waals surface area contributed by atoms with E-state index in [0.717, 1.165) is 15.6 Å². The number of rotatable bonds is 2. The second-order valence-corrected chi connectivity index (χ2v) is 5.80. The molecule has 5 heteroatoms. The minimum Gasteiger partial charge on any atom is -0.263 e. The van der Waals surface area contributed by atoms with Crippen molar-refractivity contribution in [1.82, 2.24) is 4.98 Å². The first-order valence-electron chi connectivity index (χ1n) is 3.79. The van der Waals surface area contributed by atoms with Gasteiger partial charge in [-0.05, 0) is 34.6 Å². The van der Waals surface area contributed by atoms with Gasteiger partial charge in [0.1, 0.15) is 0 Å². The van der Waals surface area contributed by atoms with E-state index in [2.05, 4.69) is 4.98 Å². The number of sulfone groups is 1. The van der Waals surface area contributed by atoms with E-state index in [1.54, 1.807) is 6.20 Å². The summed E-state index contributed by atoms with van der Waals surface area (Å²) in [6.45, 7) is 1.98. The third-order valence-corrected chi connectivity index (χ3v) is 4.45. The monoisotopic (exact) mass is 311 g/mol. The zero-order chi connectivity index (χ0) is 10.1. The molecule has 72 valence electrons. The Labute approximate surface area is 91.6 Å². The highest BCUT2D eigenvalue weighted by Crippen LogP contribution is 2.20. The standard InChI is InChI=1S/C8H10INO2S/c1-3-6-4-10-5-7(8(6)9)13(2,11)12/h4-5H,3H2,1-2H3. The van der Waals surface area contributed by atoms with E-state index in [1.807, 2.05) is 29.5 Å². The summed E-state index contributed by atoms with van der Waals surface area (Å²) in [7, 11) is -3.14. The molecule has 3 nitrogen and oxygen atoms in total. The van der Waals surface area contributed by atoms with Crippen LogP contribution in [0, 0.1) is 3.57 Å². The van der Waals surface area contributed by atoms with Gasteiger partial charge >= 0.3 is 0 Å². The molecule has 0 saturated carbocycles. The predicted octanol–water partition coefficient (Wildman–Crippen LogP) is 1.65. The van der Waals surface area contributed by atoms with Gasteiger partial charge in [0.2, 0.25) is 0 Å². The third kappa shape index (κ3) is 2.40. The molecule has 1 aromatic rings. The molecule has 0 aliphatic carbocycles. The van der Waals surface area contributed by atoms with Crippen molar-refractivity contribution in [3.05, 3.63) is 21.5 Å². The Kier molecular flexibility index (Phi) is 3.28. The molecular formula is C8H10INO2S. The Morgan fingerprint density at radius 1 is 1.46 bits per heavy atom. The SMILES string of the molecule is CCc1cncc(S(C)(=O)=O)c1I. The van der Waals surface area contributed by atoms with Gasteiger partial charge in [-0.1, -0.05) is 6.92 Å². The normalized spacial score (nSPS) is 11.6. The van der Waals surface area contributed by atoms with Gasteiger partial charge in [0, 0.05) is 22.2 Å². The number of aryl methyl sites for hydroxylation is 1. The van der Waals surface area contributed by atoms with Gasteiger partial charge in [0.05, 0.1) is 4.90 Å². The fraction of sp³-hybridized carbons (Fsp3) is 0.375. The van der Waals surface area contributed by atoms with E-state index in [0.29, 0.717) is 4.90 Å². The Hall–Kier alpha value is -0.170.